The summed E-state index contributed by atoms with van der Waals surface area (Å²) in [4.78, 5) is 28.6. The maximum absolute atomic E-state index is 13.8. The Balaban J connectivity index is 1.56. The number of ether oxygens (including phenoxy) is 1. The third kappa shape index (κ3) is 5.08. The lowest BCUT2D eigenvalue weighted by atomic mass is 9.82. The number of benzene rings is 2. The standard InChI is InChI=1S/C28H30N2O6S2/c1-36-21-13-8-14-22(15-21)38(34,35)29-17-24(19-9-4-2-5-10-19)30(26(31)18-29)23-16-25(37-27(23)28(32)33)20-11-6-3-7-12-20/h3,6-8,11-16,19,24H,2,4-5,9-10,17-18H2,1H3,(H,32,33). The number of anilines is 1. The topological polar surface area (TPSA) is 104 Å². The number of hydrogen-bond acceptors (Lipinski definition) is 6. The Kier molecular flexibility index (Phi) is 7.56. The molecule has 38 heavy (non-hydrogen) atoms. The first kappa shape index (κ1) is 26.4. The number of carbonyl (C=O) groups excluding carboxylic acids is 1. The van der Waals surface area contributed by atoms with Gasteiger partial charge in [0.15, 0.2) is 0 Å². The van der Waals surface area contributed by atoms with E-state index in [4.69, 9.17) is 4.74 Å². The van der Waals surface area contributed by atoms with Crippen LogP contribution in [0, 0.1) is 5.92 Å². The van der Waals surface area contributed by atoms with Crippen LogP contribution in [0.2, 0.25) is 0 Å². The predicted octanol–water partition coefficient (Wildman–Crippen LogP) is 5.11. The molecule has 0 radical (unpaired) electrons. The zero-order valence-corrected chi connectivity index (χ0v) is 22.7. The van der Waals surface area contributed by atoms with Gasteiger partial charge < -0.3 is 14.7 Å². The van der Waals surface area contributed by atoms with Crippen LogP contribution in [-0.4, -0.2) is 55.9 Å². The number of carboxylic acids is 1. The lowest BCUT2D eigenvalue weighted by Crippen LogP contribution is -2.60. The molecule has 1 saturated heterocycles. The Bertz CT molecular complexity index is 1430. The van der Waals surface area contributed by atoms with Crippen molar-refractivity contribution in [3.05, 3.63) is 65.5 Å². The van der Waals surface area contributed by atoms with Crippen molar-refractivity contribution in [2.75, 3.05) is 25.1 Å². The van der Waals surface area contributed by atoms with Crippen LogP contribution in [0.1, 0.15) is 41.8 Å². The van der Waals surface area contributed by atoms with Crippen LogP contribution in [0.15, 0.2) is 65.6 Å². The number of amides is 1. The molecule has 3 aromatic rings. The van der Waals surface area contributed by atoms with Crippen LogP contribution in [0.3, 0.4) is 0 Å². The average Bonchev–Trinajstić information content (AvgIpc) is 3.39. The lowest BCUT2D eigenvalue weighted by Gasteiger charge is -2.44. The van der Waals surface area contributed by atoms with Crippen LogP contribution in [0.25, 0.3) is 10.4 Å². The van der Waals surface area contributed by atoms with Crippen LogP contribution in [-0.2, 0) is 14.8 Å². The fraction of sp³-hybridized carbons (Fsp3) is 0.357. The van der Waals surface area contributed by atoms with Crippen LogP contribution < -0.4 is 9.64 Å². The van der Waals surface area contributed by atoms with E-state index in [-0.39, 0.29) is 28.8 Å². The number of rotatable bonds is 7. The van der Waals surface area contributed by atoms with Crippen molar-refractivity contribution in [2.45, 2.75) is 43.0 Å². The molecule has 1 aromatic heterocycles. The molecule has 1 N–H and O–H groups in total. The summed E-state index contributed by atoms with van der Waals surface area (Å²) in [6.07, 6.45) is 4.81. The van der Waals surface area contributed by atoms with Gasteiger partial charge >= 0.3 is 5.97 Å². The van der Waals surface area contributed by atoms with E-state index in [9.17, 15) is 23.1 Å². The van der Waals surface area contributed by atoms with Gasteiger partial charge in [-0.15, -0.1) is 11.3 Å². The van der Waals surface area contributed by atoms with Crippen molar-refractivity contribution >= 4 is 38.9 Å². The van der Waals surface area contributed by atoms with E-state index in [1.807, 2.05) is 30.3 Å². The molecule has 2 fully saturated rings. The minimum Gasteiger partial charge on any atom is -0.497 e. The molecule has 1 aliphatic carbocycles. The molecular formula is C28H30N2O6S2. The molecule has 0 bridgehead atoms. The molecule has 200 valence electrons. The number of thiophene rings is 1. The fourth-order valence-corrected chi connectivity index (χ4v) is 7.95. The molecule has 2 heterocycles. The number of methoxy groups -OCH3 is 1. The van der Waals surface area contributed by atoms with Crippen LogP contribution in [0.4, 0.5) is 5.69 Å². The lowest BCUT2D eigenvalue weighted by molar-refractivity contribution is -0.121. The van der Waals surface area contributed by atoms with Gasteiger partial charge in [-0.05, 0) is 42.5 Å². The molecule has 8 nitrogen and oxygen atoms in total. The number of aromatic carboxylic acids is 1. The molecule has 2 aliphatic rings. The number of carbonyl (C=O) groups is 2. The molecule has 10 heteroatoms. The van der Waals surface area contributed by atoms with Gasteiger partial charge in [-0.1, -0.05) is 55.7 Å². The Morgan fingerprint density at radius 2 is 1.76 bits per heavy atom. The summed E-state index contributed by atoms with van der Waals surface area (Å²) >= 11 is 1.13. The summed E-state index contributed by atoms with van der Waals surface area (Å²) in [6.45, 7) is -0.260. The van der Waals surface area contributed by atoms with Gasteiger partial charge in [-0.3, -0.25) is 4.79 Å². The molecule has 1 saturated carbocycles. The normalized spacial score (nSPS) is 19.4. The van der Waals surface area contributed by atoms with E-state index in [0.29, 0.717) is 11.4 Å². The molecule has 0 spiro atoms. The Morgan fingerprint density at radius 1 is 1.03 bits per heavy atom. The van der Waals surface area contributed by atoms with Crippen molar-refractivity contribution in [1.82, 2.24) is 4.31 Å². The van der Waals surface area contributed by atoms with Crippen LogP contribution in [0.5, 0.6) is 5.75 Å². The van der Waals surface area contributed by atoms with Crippen molar-refractivity contribution in [3.8, 4) is 16.2 Å². The SMILES string of the molecule is COc1cccc(S(=O)(=O)N2CC(=O)N(c3cc(-c4ccccc4)sc3C(=O)O)C(C3CCCCC3)C2)c1. The van der Waals surface area contributed by atoms with Crippen molar-refractivity contribution < 1.29 is 27.9 Å². The predicted molar refractivity (Wildman–Crippen MR) is 146 cm³/mol. The summed E-state index contributed by atoms with van der Waals surface area (Å²) in [5.74, 6) is -1.04. The number of carboxylic acid groups (broad SMARTS) is 1. The zero-order valence-electron chi connectivity index (χ0n) is 21.1. The molecular weight excluding hydrogens is 524 g/mol. The van der Waals surface area contributed by atoms with Crippen molar-refractivity contribution in [3.63, 3.8) is 0 Å². The smallest absolute Gasteiger partial charge is 0.348 e. The highest BCUT2D eigenvalue weighted by Gasteiger charge is 2.44. The Labute approximate surface area is 226 Å². The van der Waals surface area contributed by atoms with Crippen molar-refractivity contribution in [2.24, 2.45) is 5.92 Å². The monoisotopic (exact) mass is 554 g/mol. The van der Waals surface area contributed by atoms with Gasteiger partial charge in [-0.25, -0.2) is 13.2 Å². The quantitative estimate of drug-likeness (QED) is 0.435. The maximum Gasteiger partial charge on any atom is 0.348 e. The van der Waals surface area contributed by atoms with Crippen LogP contribution >= 0.6 is 11.3 Å². The maximum atomic E-state index is 13.8. The second-order valence-corrected chi connectivity index (χ2v) is 12.7. The minimum atomic E-state index is -3.98. The summed E-state index contributed by atoms with van der Waals surface area (Å²) in [5.41, 5.74) is 1.22. The van der Waals surface area contributed by atoms with E-state index >= 15 is 0 Å². The van der Waals surface area contributed by atoms with Gasteiger partial charge in [0, 0.05) is 17.5 Å². The summed E-state index contributed by atoms with van der Waals surface area (Å²) in [7, 11) is -2.51. The highest BCUT2D eigenvalue weighted by molar-refractivity contribution is 7.89. The van der Waals surface area contributed by atoms with Gasteiger partial charge in [0.1, 0.15) is 10.6 Å². The molecule has 1 amide bonds. The highest BCUT2D eigenvalue weighted by atomic mass is 32.2. The van der Waals surface area contributed by atoms with E-state index in [0.717, 1.165) is 53.9 Å². The van der Waals surface area contributed by atoms with E-state index in [1.165, 1.54) is 23.5 Å². The van der Waals surface area contributed by atoms with Crippen molar-refractivity contribution in [1.29, 1.82) is 0 Å². The number of sulfonamides is 1. The third-order valence-electron chi connectivity index (χ3n) is 7.40. The van der Waals surface area contributed by atoms with E-state index < -0.39 is 27.9 Å². The van der Waals surface area contributed by atoms with Gasteiger partial charge in [-0.2, -0.15) is 4.31 Å². The second kappa shape index (κ2) is 10.9. The first-order valence-electron chi connectivity index (χ1n) is 12.7. The van der Waals surface area contributed by atoms with Gasteiger partial charge in [0.2, 0.25) is 15.9 Å². The average molecular weight is 555 g/mol. The first-order valence-corrected chi connectivity index (χ1v) is 14.9. The molecule has 2 aromatic carbocycles. The second-order valence-electron chi connectivity index (χ2n) is 9.70. The van der Waals surface area contributed by atoms with Gasteiger partial charge in [0.25, 0.3) is 0 Å². The highest BCUT2D eigenvalue weighted by Crippen LogP contribution is 2.42. The number of piperazine rings is 1. The summed E-state index contributed by atoms with van der Waals surface area (Å²) in [5, 5.41) is 10.1. The molecule has 1 aliphatic heterocycles. The first-order chi connectivity index (χ1) is 18.3. The van der Waals surface area contributed by atoms with Gasteiger partial charge in [0.05, 0.1) is 30.3 Å². The fourth-order valence-electron chi connectivity index (χ4n) is 5.51. The Hall–Kier alpha value is -3.21. The largest absolute Gasteiger partial charge is 0.497 e. The van der Waals surface area contributed by atoms with E-state index in [2.05, 4.69) is 0 Å². The summed E-state index contributed by atoms with van der Waals surface area (Å²) < 4.78 is 33.7. The number of nitrogens with zero attached hydrogens (tertiary/aromatic N) is 2. The zero-order chi connectivity index (χ0) is 26.9. The third-order valence-corrected chi connectivity index (χ3v) is 10.4. The Morgan fingerprint density at radius 3 is 2.45 bits per heavy atom. The molecule has 5 rings (SSSR count). The minimum absolute atomic E-state index is 0.0635. The molecule has 1 atom stereocenters. The van der Waals surface area contributed by atoms with E-state index in [1.54, 1.807) is 23.1 Å². The molecule has 1 unspecified atom stereocenters. The number of hydrogen-bond donors (Lipinski definition) is 1. The summed E-state index contributed by atoms with van der Waals surface area (Å²) in [6, 6.07) is 17.0.